The molecule has 1 aromatic carbocycles. The zero-order chi connectivity index (χ0) is 15.8. The third-order valence-corrected chi connectivity index (χ3v) is 5.07. The molecule has 0 spiro atoms. The minimum Gasteiger partial charge on any atom is -0.273 e. The molecule has 6 heteroatoms. The van der Waals surface area contributed by atoms with E-state index in [1.807, 2.05) is 33.2 Å². The molecule has 2 heterocycles. The van der Waals surface area contributed by atoms with Gasteiger partial charge >= 0.3 is 0 Å². The first-order valence-electron chi connectivity index (χ1n) is 8.24. The topological polar surface area (TPSA) is 52.2 Å². The fourth-order valence-corrected chi connectivity index (χ4v) is 3.88. The van der Waals surface area contributed by atoms with Crippen molar-refractivity contribution in [3.63, 3.8) is 0 Å². The van der Waals surface area contributed by atoms with E-state index in [0.717, 1.165) is 31.2 Å². The second kappa shape index (κ2) is 5.96. The largest absolute Gasteiger partial charge is 0.273 e. The minimum absolute atomic E-state index is 0.0357. The SMILES string of the molecule is O=c1c2ccccc2n2c(CCl)nnc2n1C1CCCCCC1. The van der Waals surface area contributed by atoms with Gasteiger partial charge in [-0.3, -0.25) is 13.8 Å². The van der Waals surface area contributed by atoms with Crippen molar-refractivity contribution < 1.29 is 0 Å². The summed E-state index contributed by atoms with van der Waals surface area (Å²) in [6, 6.07) is 7.83. The van der Waals surface area contributed by atoms with Crippen molar-refractivity contribution in [2.75, 3.05) is 0 Å². The van der Waals surface area contributed by atoms with E-state index in [2.05, 4.69) is 10.2 Å². The monoisotopic (exact) mass is 330 g/mol. The highest BCUT2D eigenvalue weighted by Gasteiger charge is 2.22. The Morgan fingerprint density at radius 3 is 2.57 bits per heavy atom. The molecule has 120 valence electrons. The normalized spacial score (nSPS) is 16.9. The summed E-state index contributed by atoms with van der Waals surface area (Å²) in [6.07, 6.45) is 6.86. The molecule has 0 saturated heterocycles. The molecule has 1 aliphatic carbocycles. The zero-order valence-electron chi connectivity index (χ0n) is 12.9. The third-order valence-electron chi connectivity index (χ3n) is 4.83. The number of benzene rings is 1. The number of hydrogen-bond acceptors (Lipinski definition) is 3. The van der Waals surface area contributed by atoms with Crippen LogP contribution >= 0.6 is 11.6 Å². The van der Waals surface area contributed by atoms with Gasteiger partial charge in [0.25, 0.3) is 5.56 Å². The van der Waals surface area contributed by atoms with E-state index in [0.29, 0.717) is 17.0 Å². The van der Waals surface area contributed by atoms with E-state index in [1.165, 1.54) is 12.8 Å². The predicted molar refractivity (Wildman–Crippen MR) is 91.0 cm³/mol. The van der Waals surface area contributed by atoms with Crippen molar-refractivity contribution in [3.8, 4) is 0 Å². The molecule has 1 aliphatic rings. The van der Waals surface area contributed by atoms with Gasteiger partial charge in [-0.1, -0.05) is 37.8 Å². The van der Waals surface area contributed by atoms with Gasteiger partial charge in [-0.15, -0.1) is 21.8 Å². The first kappa shape index (κ1) is 14.7. The van der Waals surface area contributed by atoms with Gasteiger partial charge < -0.3 is 0 Å². The number of alkyl halides is 1. The van der Waals surface area contributed by atoms with Crippen LogP contribution in [0.1, 0.15) is 50.4 Å². The summed E-state index contributed by atoms with van der Waals surface area (Å²) in [4.78, 5) is 13.1. The van der Waals surface area contributed by atoms with Crippen LogP contribution < -0.4 is 5.56 Å². The van der Waals surface area contributed by atoms with E-state index >= 15 is 0 Å². The second-order valence-corrected chi connectivity index (χ2v) is 6.49. The molecule has 0 N–H and O–H groups in total. The van der Waals surface area contributed by atoms with Gasteiger partial charge in [0.2, 0.25) is 5.78 Å². The van der Waals surface area contributed by atoms with Crippen molar-refractivity contribution in [1.29, 1.82) is 0 Å². The maximum atomic E-state index is 13.1. The standard InChI is InChI=1S/C17H19ClN4O/c18-11-15-19-20-17-21(12-7-3-1-2-4-8-12)16(23)13-9-5-6-10-14(13)22(15)17/h5-6,9-10,12H,1-4,7-8,11H2. The van der Waals surface area contributed by atoms with E-state index in [1.54, 1.807) is 0 Å². The number of aromatic nitrogens is 4. The summed E-state index contributed by atoms with van der Waals surface area (Å²) in [5.74, 6) is 1.57. The minimum atomic E-state index is 0.0357. The van der Waals surface area contributed by atoms with Crippen LogP contribution in [0, 0.1) is 0 Å². The van der Waals surface area contributed by atoms with Crippen LogP contribution in [-0.2, 0) is 5.88 Å². The highest BCUT2D eigenvalue weighted by Crippen LogP contribution is 2.28. The molecule has 0 atom stereocenters. The molecule has 4 rings (SSSR count). The molecule has 23 heavy (non-hydrogen) atoms. The number of nitrogens with zero attached hydrogens (tertiary/aromatic N) is 4. The maximum Gasteiger partial charge on any atom is 0.263 e. The van der Waals surface area contributed by atoms with Gasteiger partial charge in [0.1, 0.15) is 0 Å². The van der Waals surface area contributed by atoms with Crippen LogP contribution in [0.5, 0.6) is 0 Å². The van der Waals surface area contributed by atoms with Crippen molar-refractivity contribution in [2.45, 2.75) is 50.4 Å². The Kier molecular flexibility index (Phi) is 3.81. The van der Waals surface area contributed by atoms with E-state index in [-0.39, 0.29) is 17.5 Å². The van der Waals surface area contributed by atoms with Crippen LogP contribution in [0.3, 0.4) is 0 Å². The van der Waals surface area contributed by atoms with Crippen LogP contribution in [0.15, 0.2) is 29.1 Å². The summed E-state index contributed by atoms with van der Waals surface area (Å²) in [5.41, 5.74) is 0.867. The first-order chi connectivity index (χ1) is 11.3. The summed E-state index contributed by atoms with van der Waals surface area (Å²) >= 11 is 6.04. The zero-order valence-corrected chi connectivity index (χ0v) is 13.7. The summed E-state index contributed by atoms with van der Waals surface area (Å²) in [6.45, 7) is 0. The summed E-state index contributed by atoms with van der Waals surface area (Å²) < 4.78 is 3.80. The Morgan fingerprint density at radius 1 is 1.09 bits per heavy atom. The second-order valence-electron chi connectivity index (χ2n) is 6.22. The Balaban J connectivity index is 2.07. The number of hydrogen-bond donors (Lipinski definition) is 0. The smallest absolute Gasteiger partial charge is 0.263 e. The fourth-order valence-electron chi connectivity index (χ4n) is 3.71. The average molecular weight is 331 g/mol. The molecule has 0 aliphatic heterocycles. The van der Waals surface area contributed by atoms with Crippen LogP contribution in [0.2, 0.25) is 0 Å². The molecular weight excluding hydrogens is 312 g/mol. The summed E-state index contributed by atoms with van der Waals surface area (Å²) in [7, 11) is 0. The lowest BCUT2D eigenvalue weighted by molar-refractivity contribution is 0.439. The molecule has 0 radical (unpaired) electrons. The third kappa shape index (κ3) is 2.34. The van der Waals surface area contributed by atoms with Crippen molar-refractivity contribution in [3.05, 3.63) is 40.4 Å². The Bertz CT molecular complexity index is 906. The van der Waals surface area contributed by atoms with Gasteiger partial charge in [-0.25, -0.2) is 0 Å². The van der Waals surface area contributed by atoms with Gasteiger partial charge in [0.15, 0.2) is 5.82 Å². The lowest BCUT2D eigenvalue weighted by atomic mass is 10.1. The molecule has 5 nitrogen and oxygen atoms in total. The van der Waals surface area contributed by atoms with Crippen LogP contribution in [-0.4, -0.2) is 19.2 Å². The number of halogens is 1. The predicted octanol–water partition coefficient (Wildman–Crippen LogP) is 3.68. The Morgan fingerprint density at radius 2 is 1.83 bits per heavy atom. The van der Waals surface area contributed by atoms with Gasteiger partial charge in [-0.2, -0.15) is 0 Å². The molecule has 1 saturated carbocycles. The average Bonchev–Trinajstić information content (AvgIpc) is 2.82. The Labute approximate surface area is 138 Å². The Hall–Kier alpha value is -1.88. The van der Waals surface area contributed by atoms with Crippen LogP contribution in [0.4, 0.5) is 0 Å². The van der Waals surface area contributed by atoms with Crippen LogP contribution in [0.25, 0.3) is 16.7 Å². The first-order valence-corrected chi connectivity index (χ1v) is 8.78. The molecule has 0 amide bonds. The highest BCUT2D eigenvalue weighted by atomic mass is 35.5. The van der Waals surface area contributed by atoms with Gasteiger partial charge in [-0.05, 0) is 25.0 Å². The quantitative estimate of drug-likeness (QED) is 0.532. The number of para-hydroxylation sites is 1. The number of rotatable bonds is 2. The summed E-state index contributed by atoms with van der Waals surface area (Å²) in [5, 5.41) is 9.21. The van der Waals surface area contributed by atoms with Gasteiger partial charge in [0, 0.05) is 6.04 Å². The molecule has 0 unspecified atom stereocenters. The number of fused-ring (bicyclic) bond motifs is 3. The van der Waals surface area contributed by atoms with Crippen molar-refractivity contribution in [2.24, 2.45) is 0 Å². The molecule has 3 aromatic rings. The van der Waals surface area contributed by atoms with Gasteiger partial charge in [0.05, 0.1) is 16.8 Å². The molecule has 2 aromatic heterocycles. The lowest BCUT2D eigenvalue weighted by Gasteiger charge is -2.19. The van der Waals surface area contributed by atoms with Crippen molar-refractivity contribution in [1.82, 2.24) is 19.2 Å². The van der Waals surface area contributed by atoms with Crippen molar-refractivity contribution >= 4 is 28.3 Å². The van der Waals surface area contributed by atoms with E-state index in [9.17, 15) is 4.79 Å². The highest BCUT2D eigenvalue weighted by molar-refractivity contribution is 6.16. The van der Waals surface area contributed by atoms with E-state index < -0.39 is 0 Å². The maximum absolute atomic E-state index is 13.1. The molecule has 0 bridgehead atoms. The lowest BCUT2D eigenvalue weighted by Crippen LogP contribution is -2.27. The fraction of sp³-hybridized carbons (Fsp3) is 0.471. The molecule has 1 fully saturated rings. The van der Waals surface area contributed by atoms with E-state index in [4.69, 9.17) is 11.6 Å². The molecular formula is C17H19ClN4O.